The molecule has 0 unspecified atom stereocenters. The maximum absolute atomic E-state index is 13.2. The molecule has 1 saturated heterocycles. The molecule has 31 heavy (non-hydrogen) atoms. The zero-order valence-electron chi connectivity index (χ0n) is 17.6. The molecule has 0 radical (unpaired) electrons. The van der Waals surface area contributed by atoms with Gasteiger partial charge < -0.3 is 19.1 Å². The van der Waals surface area contributed by atoms with E-state index < -0.39 is 0 Å². The third-order valence-electron chi connectivity index (χ3n) is 5.53. The van der Waals surface area contributed by atoms with E-state index in [1.54, 1.807) is 32.3 Å². The van der Waals surface area contributed by atoms with Crippen LogP contribution in [0.1, 0.15) is 17.9 Å². The number of anilines is 1. The lowest BCUT2D eigenvalue weighted by Crippen LogP contribution is -2.47. The van der Waals surface area contributed by atoms with Crippen LogP contribution >= 0.6 is 11.8 Å². The number of allylic oxidation sites excluding steroid dienone is 1. The second-order valence-electron chi connectivity index (χ2n) is 7.14. The number of amides is 1. The molecular formula is C23H23N3O4S. The fourth-order valence-electron chi connectivity index (χ4n) is 3.98. The zero-order valence-corrected chi connectivity index (χ0v) is 18.4. The molecule has 8 heteroatoms. The molecule has 2 heterocycles. The quantitative estimate of drug-likeness (QED) is 0.701. The molecule has 0 saturated carbocycles. The van der Waals surface area contributed by atoms with Crippen LogP contribution in [0.4, 0.5) is 5.69 Å². The number of rotatable bonds is 5. The van der Waals surface area contributed by atoms with Crippen molar-refractivity contribution in [2.24, 2.45) is 0 Å². The predicted octanol–water partition coefficient (Wildman–Crippen LogP) is 3.93. The summed E-state index contributed by atoms with van der Waals surface area (Å²) < 4.78 is 16.4. The van der Waals surface area contributed by atoms with E-state index in [1.165, 1.54) is 11.8 Å². The highest BCUT2D eigenvalue weighted by atomic mass is 32.2. The van der Waals surface area contributed by atoms with Crippen molar-refractivity contribution in [3.8, 4) is 23.3 Å². The van der Waals surface area contributed by atoms with Gasteiger partial charge in [-0.25, -0.2) is 0 Å². The molecule has 0 aromatic heterocycles. The Morgan fingerprint density at radius 3 is 2.55 bits per heavy atom. The van der Waals surface area contributed by atoms with E-state index in [0.717, 1.165) is 17.0 Å². The normalized spacial score (nSPS) is 18.4. The van der Waals surface area contributed by atoms with E-state index in [0.29, 0.717) is 34.6 Å². The Morgan fingerprint density at radius 2 is 1.84 bits per heavy atom. The summed E-state index contributed by atoms with van der Waals surface area (Å²) >= 11 is 1.49. The van der Waals surface area contributed by atoms with Crippen molar-refractivity contribution < 1.29 is 19.0 Å². The standard InChI is InChI=1S/C23H23N3O4S/c1-28-15-8-9-20(29-2)17(10-15)16-11-22(27)26-13-25(14-31-23(26)18(16)12-24)19-6-4-5-7-21(19)30-3/h4-10,16H,11,13-14H2,1-3H3/t16-/m1/s1. The lowest BCUT2D eigenvalue weighted by Gasteiger charge is -2.42. The van der Waals surface area contributed by atoms with Gasteiger partial charge in [0, 0.05) is 17.9 Å². The fraction of sp³-hybridized carbons (Fsp3) is 0.304. The molecule has 1 fully saturated rings. The lowest BCUT2D eigenvalue weighted by atomic mass is 9.86. The van der Waals surface area contributed by atoms with Crippen molar-refractivity contribution in [3.05, 3.63) is 58.6 Å². The van der Waals surface area contributed by atoms with E-state index >= 15 is 0 Å². The Labute approximate surface area is 185 Å². The molecular weight excluding hydrogens is 414 g/mol. The first kappa shape index (κ1) is 20.9. The minimum atomic E-state index is -0.376. The van der Waals surface area contributed by atoms with Gasteiger partial charge in [0.05, 0.1) is 56.2 Å². The second kappa shape index (κ2) is 8.82. The molecule has 1 amide bonds. The molecule has 1 atom stereocenters. The first-order chi connectivity index (χ1) is 15.1. The molecule has 160 valence electrons. The molecule has 2 aromatic carbocycles. The molecule has 2 aliphatic heterocycles. The Hall–Kier alpha value is -3.31. The van der Waals surface area contributed by atoms with E-state index in [9.17, 15) is 10.1 Å². The van der Waals surface area contributed by atoms with Crippen LogP contribution in [0.15, 0.2) is 53.1 Å². The molecule has 0 aliphatic carbocycles. The molecule has 0 N–H and O–H groups in total. The van der Waals surface area contributed by atoms with Crippen molar-refractivity contribution in [3.63, 3.8) is 0 Å². The van der Waals surface area contributed by atoms with Gasteiger partial charge in [-0.3, -0.25) is 9.69 Å². The van der Waals surface area contributed by atoms with Crippen LogP contribution in [-0.2, 0) is 4.79 Å². The summed E-state index contributed by atoms with van der Waals surface area (Å²) in [5.41, 5.74) is 2.28. The monoisotopic (exact) mass is 437 g/mol. The van der Waals surface area contributed by atoms with Gasteiger partial charge in [-0.15, -0.1) is 0 Å². The number of benzene rings is 2. The first-order valence-electron chi connectivity index (χ1n) is 9.78. The molecule has 0 bridgehead atoms. The number of para-hydroxylation sites is 2. The molecule has 2 aliphatic rings. The summed E-state index contributed by atoms with van der Waals surface area (Å²) in [7, 11) is 4.81. The SMILES string of the molecule is COc1ccc(OC)c([C@H]2CC(=O)N3CN(c4ccccc4OC)CSC3=C2C#N)c1. The summed E-state index contributed by atoms with van der Waals surface area (Å²) in [6, 6.07) is 15.5. The fourth-order valence-corrected chi connectivity index (χ4v) is 5.14. The average Bonchev–Trinajstić information content (AvgIpc) is 2.83. The molecule has 7 nitrogen and oxygen atoms in total. The lowest BCUT2D eigenvalue weighted by molar-refractivity contribution is -0.129. The van der Waals surface area contributed by atoms with E-state index in [4.69, 9.17) is 14.2 Å². The first-order valence-corrected chi connectivity index (χ1v) is 10.8. The van der Waals surface area contributed by atoms with Gasteiger partial charge >= 0.3 is 0 Å². The van der Waals surface area contributed by atoms with Crippen molar-refractivity contribution in [2.45, 2.75) is 12.3 Å². The topological polar surface area (TPSA) is 75.0 Å². The largest absolute Gasteiger partial charge is 0.497 e. The van der Waals surface area contributed by atoms with Gasteiger partial charge in [-0.05, 0) is 30.3 Å². The van der Waals surface area contributed by atoms with Crippen molar-refractivity contribution in [1.82, 2.24) is 4.90 Å². The van der Waals surface area contributed by atoms with Crippen LogP contribution in [0, 0.1) is 11.3 Å². The second-order valence-corrected chi connectivity index (χ2v) is 8.08. The Morgan fingerprint density at radius 1 is 1.06 bits per heavy atom. The minimum absolute atomic E-state index is 0.0315. The van der Waals surface area contributed by atoms with Crippen LogP contribution in [0.3, 0.4) is 0 Å². The Balaban J connectivity index is 1.71. The number of fused-ring (bicyclic) bond motifs is 1. The van der Waals surface area contributed by atoms with Crippen LogP contribution < -0.4 is 19.1 Å². The number of hydrogen-bond acceptors (Lipinski definition) is 7. The summed E-state index contributed by atoms with van der Waals surface area (Å²) in [5.74, 6) is 2.24. The molecule has 0 spiro atoms. The number of carbonyl (C=O) groups excluding carboxylic acids is 1. The number of nitriles is 1. The van der Waals surface area contributed by atoms with Crippen molar-refractivity contribution >= 4 is 23.4 Å². The number of hydrogen-bond donors (Lipinski definition) is 0. The maximum Gasteiger partial charge on any atom is 0.229 e. The predicted molar refractivity (Wildman–Crippen MR) is 119 cm³/mol. The molecule has 4 rings (SSSR count). The van der Waals surface area contributed by atoms with Crippen LogP contribution in [0.25, 0.3) is 0 Å². The van der Waals surface area contributed by atoms with Gasteiger partial charge in [-0.2, -0.15) is 5.26 Å². The highest BCUT2D eigenvalue weighted by Crippen LogP contribution is 2.46. The van der Waals surface area contributed by atoms with Crippen LogP contribution in [0.2, 0.25) is 0 Å². The molecule has 2 aromatic rings. The number of thioether (sulfide) groups is 1. The summed E-state index contributed by atoms with van der Waals surface area (Å²) in [4.78, 5) is 17.0. The summed E-state index contributed by atoms with van der Waals surface area (Å²) in [6.07, 6.45) is 0.191. The summed E-state index contributed by atoms with van der Waals surface area (Å²) in [5, 5.41) is 10.7. The van der Waals surface area contributed by atoms with Crippen LogP contribution in [0.5, 0.6) is 17.2 Å². The van der Waals surface area contributed by atoms with E-state index in [2.05, 4.69) is 11.0 Å². The highest BCUT2D eigenvalue weighted by Gasteiger charge is 2.39. The minimum Gasteiger partial charge on any atom is -0.497 e. The number of ether oxygens (including phenoxy) is 3. The van der Waals surface area contributed by atoms with Crippen LogP contribution in [-0.4, -0.2) is 44.7 Å². The Kier molecular flexibility index (Phi) is 5.96. The zero-order chi connectivity index (χ0) is 22.0. The highest BCUT2D eigenvalue weighted by molar-refractivity contribution is 8.03. The van der Waals surface area contributed by atoms with Gasteiger partial charge in [0.15, 0.2) is 0 Å². The third-order valence-corrected chi connectivity index (χ3v) is 6.69. The number of carbonyl (C=O) groups is 1. The summed E-state index contributed by atoms with van der Waals surface area (Å²) in [6.45, 7) is 0.370. The van der Waals surface area contributed by atoms with Gasteiger partial charge in [0.25, 0.3) is 0 Å². The van der Waals surface area contributed by atoms with Gasteiger partial charge in [0.2, 0.25) is 5.91 Å². The smallest absolute Gasteiger partial charge is 0.229 e. The van der Waals surface area contributed by atoms with E-state index in [1.807, 2.05) is 36.4 Å². The van der Waals surface area contributed by atoms with Crippen molar-refractivity contribution in [2.75, 3.05) is 38.8 Å². The van der Waals surface area contributed by atoms with E-state index in [-0.39, 0.29) is 18.2 Å². The number of nitrogens with zero attached hydrogens (tertiary/aromatic N) is 3. The Bertz CT molecular complexity index is 1080. The maximum atomic E-state index is 13.2. The number of methoxy groups -OCH3 is 3. The van der Waals surface area contributed by atoms with Gasteiger partial charge in [-0.1, -0.05) is 23.9 Å². The van der Waals surface area contributed by atoms with Gasteiger partial charge in [0.1, 0.15) is 17.2 Å². The van der Waals surface area contributed by atoms with Crippen molar-refractivity contribution in [1.29, 1.82) is 5.26 Å². The average molecular weight is 438 g/mol. The third kappa shape index (κ3) is 3.77.